The van der Waals surface area contributed by atoms with Crippen LogP contribution in [0, 0.1) is 6.92 Å². The van der Waals surface area contributed by atoms with E-state index in [1.165, 1.54) is 17.3 Å². The van der Waals surface area contributed by atoms with Gasteiger partial charge in [0.05, 0.1) is 16.3 Å². The highest BCUT2D eigenvalue weighted by molar-refractivity contribution is 8.00. The molecule has 2 N–H and O–H groups in total. The van der Waals surface area contributed by atoms with Crippen molar-refractivity contribution in [1.29, 1.82) is 0 Å². The van der Waals surface area contributed by atoms with Crippen molar-refractivity contribution in [2.45, 2.75) is 30.7 Å². The highest BCUT2D eigenvalue weighted by atomic mass is 32.2. The van der Waals surface area contributed by atoms with E-state index in [1.54, 1.807) is 0 Å². The fourth-order valence-corrected chi connectivity index (χ4v) is 3.49. The number of benzene rings is 2. The number of amides is 1. The van der Waals surface area contributed by atoms with E-state index in [-0.39, 0.29) is 11.2 Å². The maximum atomic E-state index is 11.6. The molecule has 5 heteroatoms. The molecule has 0 saturated heterocycles. The SMILES string of the molecule is CCC(Sc1nc2ccccc2n1-c1ccc(C)cc1)C(N)=O. The van der Waals surface area contributed by atoms with Crippen LogP contribution in [0.3, 0.4) is 0 Å². The number of hydrogen-bond acceptors (Lipinski definition) is 3. The number of primary amides is 1. The number of nitrogens with zero attached hydrogens (tertiary/aromatic N) is 2. The largest absolute Gasteiger partial charge is 0.369 e. The van der Waals surface area contributed by atoms with Crippen molar-refractivity contribution in [2.75, 3.05) is 0 Å². The standard InChI is InChI=1S/C18H19N3OS/c1-3-16(17(19)22)23-18-20-14-6-4-5-7-15(14)21(18)13-10-8-12(2)9-11-13/h4-11,16H,3H2,1-2H3,(H2,19,22). The second-order valence-electron chi connectivity index (χ2n) is 5.47. The van der Waals surface area contributed by atoms with Gasteiger partial charge >= 0.3 is 0 Å². The van der Waals surface area contributed by atoms with Gasteiger partial charge < -0.3 is 5.73 Å². The maximum Gasteiger partial charge on any atom is 0.231 e. The van der Waals surface area contributed by atoms with E-state index in [9.17, 15) is 4.79 Å². The molecular formula is C18H19N3OS. The molecule has 0 bridgehead atoms. The Kier molecular flexibility index (Phi) is 4.39. The minimum absolute atomic E-state index is 0.281. The molecule has 1 unspecified atom stereocenters. The highest BCUT2D eigenvalue weighted by Crippen LogP contribution is 2.31. The summed E-state index contributed by atoms with van der Waals surface area (Å²) in [5.74, 6) is -0.306. The number of aromatic nitrogens is 2. The van der Waals surface area contributed by atoms with Crippen molar-refractivity contribution in [1.82, 2.24) is 9.55 Å². The first-order chi connectivity index (χ1) is 11.1. The monoisotopic (exact) mass is 325 g/mol. The molecule has 4 nitrogen and oxygen atoms in total. The number of hydrogen-bond donors (Lipinski definition) is 1. The Morgan fingerprint density at radius 1 is 1.22 bits per heavy atom. The quantitative estimate of drug-likeness (QED) is 0.728. The van der Waals surface area contributed by atoms with Gasteiger partial charge in [-0.1, -0.05) is 48.5 Å². The van der Waals surface area contributed by atoms with Crippen LogP contribution in [-0.4, -0.2) is 20.7 Å². The Morgan fingerprint density at radius 2 is 1.91 bits per heavy atom. The Hall–Kier alpha value is -2.27. The first-order valence-electron chi connectivity index (χ1n) is 7.60. The van der Waals surface area contributed by atoms with Crippen LogP contribution in [0.15, 0.2) is 53.7 Å². The van der Waals surface area contributed by atoms with Crippen molar-refractivity contribution in [3.8, 4) is 5.69 Å². The van der Waals surface area contributed by atoms with Crippen LogP contribution in [0.5, 0.6) is 0 Å². The molecule has 0 saturated carbocycles. The molecule has 3 aromatic rings. The summed E-state index contributed by atoms with van der Waals surface area (Å²) in [7, 11) is 0. The summed E-state index contributed by atoms with van der Waals surface area (Å²) in [6.07, 6.45) is 0.678. The van der Waals surface area contributed by atoms with Gasteiger partial charge in [0, 0.05) is 5.69 Å². The fraction of sp³-hybridized carbons (Fsp3) is 0.222. The summed E-state index contributed by atoms with van der Waals surface area (Å²) in [5, 5.41) is 0.511. The lowest BCUT2D eigenvalue weighted by atomic mass is 10.2. The third kappa shape index (κ3) is 3.10. The second-order valence-corrected chi connectivity index (χ2v) is 6.64. The van der Waals surface area contributed by atoms with Gasteiger partial charge in [0.2, 0.25) is 5.91 Å². The van der Waals surface area contributed by atoms with Crippen LogP contribution in [0.1, 0.15) is 18.9 Å². The van der Waals surface area contributed by atoms with Gasteiger partial charge in [-0.05, 0) is 37.6 Å². The summed E-state index contributed by atoms with van der Waals surface area (Å²) >= 11 is 1.43. The lowest BCUT2D eigenvalue weighted by Gasteiger charge is -2.13. The number of carbonyl (C=O) groups excluding carboxylic acids is 1. The van der Waals surface area contributed by atoms with Crippen LogP contribution >= 0.6 is 11.8 Å². The molecule has 1 atom stereocenters. The average molecular weight is 325 g/mol. The predicted octanol–water partition coefficient (Wildman–Crippen LogP) is 3.69. The first-order valence-corrected chi connectivity index (χ1v) is 8.48. The third-order valence-electron chi connectivity index (χ3n) is 3.76. The number of imidazole rings is 1. The van der Waals surface area contributed by atoms with Crippen molar-refractivity contribution in [2.24, 2.45) is 5.73 Å². The molecular weight excluding hydrogens is 306 g/mol. The zero-order valence-corrected chi connectivity index (χ0v) is 14.0. The Labute approximate surface area is 139 Å². The smallest absolute Gasteiger partial charge is 0.231 e. The van der Waals surface area contributed by atoms with Gasteiger partial charge in [-0.2, -0.15) is 0 Å². The van der Waals surface area contributed by atoms with E-state index in [1.807, 2.05) is 31.2 Å². The number of aryl methyl sites for hydroxylation is 1. The van der Waals surface area contributed by atoms with E-state index in [2.05, 4.69) is 35.8 Å². The van der Waals surface area contributed by atoms with Gasteiger partial charge in [0.1, 0.15) is 0 Å². The van der Waals surface area contributed by atoms with E-state index in [4.69, 9.17) is 10.7 Å². The molecule has 3 rings (SSSR count). The normalized spacial score (nSPS) is 12.4. The van der Waals surface area contributed by atoms with Gasteiger partial charge in [-0.3, -0.25) is 9.36 Å². The molecule has 0 fully saturated rings. The predicted molar refractivity (Wildman–Crippen MR) is 94.9 cm³/mol. The minimum atomic E-state index is -0.306. The van der Waals surface area contributed by atoms with Crippen LogP contribution in [0.25, 0.3) is 16.7 Å². The molecule has 118 valence electrons. The third-order valence-corrected chi connectivity index (χ3v) is 5.09. The molecule has 0 aliphatic carbocycles. The van der Waals surface area contributed by atoms with Crippen molar-refractivity contribution in [3.05, 3.63) is 54.1 Å². The van der Waals surface area contributed by atoms with E-state index < -0.39 is 0 Å². The molecule has 2 aromatic carbocycles. The molecule has 0 spiro atoms. The van der Waals surface area contributed by atoms with Crippen molar-refractivity contribution in [3.63, 3.8) is 0 Å². The summed E-state index contributed by atoms with van der Waals surface area (Å²) < 4.78 is 2.09. The zero-order chi connectivity index (χ0) is 16.4. The second kappa shape index (κ2) is 6.46. The maximum absolute atomic E-state index is 11.6. The van der Waals surface area contributed by atoms with Crippen LogP contribution < -0.4 is 5.73 Å². The van der Waals surface area contributed by atoms with Crippen molar-refractivity contribution >= 4 is 28.7 Å². The van der Waals surface area contributed by atoms with E-state index in [0.717, 1.165) is 21.9 Å². The summed E-state index contributed by atoms with van der Waals surface area (Å²) in [4.78, 5) is 16.3. The van der Waals surface area contributed by atoms with Crippen LogP contribution in [0.2, 0.25) is 0 Å². The number of carbonyl (C=O) groups is 1. The average Bonchev–Trinajstić information content (AvgIpc) is 2.91. The van der Waals surface area contributed by atoms with Gasteiger partial charge in [-0.25, -0.2) is 4.98 Å². The fourth-order valence-electron chi connectivity index (χ4n) is 2.50. The first kappa shape index (κ1) is 15.6. The summed E-state index contributed by atoms with van der Waals surface area (Å²) in [5.41, 5.74) is 9.68. The van der Waals surface area contributed by atoms with Gasteiger partial charge in [-0.15, -0.1) is 0 Å². The van der Waals surface area contributed by atoms with Crippen LogP contribution in [0.4, 0.5) is 0 Å². The van der Waals surface area contributed by atoms with E-state index >= 15 is 0 Å². The number of rotatable bonds is 5. The van der Waals surface area contributed by atoms with Gasteiger partial charge in [0.15, 0.2) is 5.16 Å². The van der Waals surface area contributed by atoms with Crippen molar-refractivity contribution < 1.29 is 4.79 Å². The molecule has 0 radical (unpaired) electrons. The number of thioether (sulfide) groups is 1. The number of para-hydroxylation sites is 2. The lowest BCUT2D eigenvalue weighted by molar-refractivity contribution is -0.117. The number of nitrogens with two attached hydrogens (primary N) is 1. The van der Waals surface area contributed by atoms with Gasteiger partial charge in [0.25, 0.3) is 0 Å². The highest BCUT2D eigenvalue weighted by Gasteiger charge is 2.20. The summed E-state index contributed by atoms with van der Waals surface area (Å²) in [6.45, 7) is 4.02. The molecule has 0 aliphatic rings. The molecule has 1 heterocycles. The molecule has 1 amide bonds. The Morgan fingerprint density at radius 3 is 2.57 bits per heavy atom. The zero-order valence-electron chi connectivity index (χ0n) is 13.2. The van der Waals surface area contributed by atoms with Crippen LogP contribution in [-0.2, 0) is 4.79 Å². The minimum Gasteiger partial charge on any atom is -0.369 e. The number of fused-ring (bicyclic) bond motifs is 1. The summed E-state index contributed by atoms with van der Waals surface area (Å²) in [6, 6.07) is 16.3. The Bertz CT molecular complexity index is 839. The topological polar surface area (TPSA) is 60.9 Å². The molecule has 1 aromatic heterocycles. The molecule has 0 aliphatic heterocycles. The van der Waals surface area contributed by atoms with E-state index in [0.29, 0.717) is 6.42 Å². The lowest BCUT2D eigenvalue weighted by Crippen LogP contribution is -2.25. The molecule has 23 heavy (non-hydrogen) atoms. The Balaban J connectivity index is 2.15.